The molecule has 1 saturated carbocycles. The highest BCUT2D eigenvalue weighted by atomic mass is 16.1. The van der Waals surface area contributed by atoms with Gasteiger partial charge in [-0.1, -0.05) is 37.1 Å². The van der Waals surface area contributed by atoms with Gasteiger partial charge in [0.2, 0.25) is 0 Å². The van der Waals surface area contributed by atoms with Gasteiger partial charge in [0.15, 0.2) is 5.78 Å². The summed E-state index contributed by atoms with van der Waals surface area (Å²) in [6.07, 6.45) is 13.8. The number of hydrogen-bond donors (Lipinski definition) is 0. The molecule has 0 bridgehead atoms. The summed E-state index contributed by atoms with van der Waals surface area (Å²) < 4.78 is 0. The fraction of sp³-hybridized carbons (Fsp3) is 0.565. The Morgan fingerprint density at radius 1 is 1.12 bits per heavy atom. The van der Waals surface area contributed by atoms with E-state index in [1.54, 1.807) is 6.08 Å². The van der Waals surface area contributed by atoms with Gasteiger partial charge in [-0.3, -0.25) is 9.59 Å². The summed E-state index contributed by atoms with van der Waals surface area (Å²) in [6.45, 7) is 6.90. The Morgan fingerprint density at radius 2 is 1.92 bits per heavy atom. The van der Waals surface area contributed by atoms with Crippen LogP contribution < -0.4 is 0 Å². The van der Waals surface area contributed by atoms with Crippen LogP contribution in [0.4, 0.5) is 0 Å². The van der Waals surface area contributed by atoms with Crippen molar-refractivity contribution in [2.45, 2.75) is 59.3 Å². The van der Waals surface area contributed by atoms with Gasteiger partial charge in [-0.15, -0.1) is 0 Å². The van der Waals surface area contributed by atoms with Crippen molar-refractivity contribution in [3.8, 4) is 0 Å². The Bertz CT molecular complexity index is 851. The maximum atomic E-state index is 13.1. The molecule has 5 rings (SSSR count). The number of fused-ring (bicyclic) bond motifs is 3. The van der Waals surface area contributed by atoms with Crippen molar-refractivity contribution in [2.75, 3.05) is 0 Å². The number of carbonyl (C=O) groups is 2. The average molecular weight is 334 g/mol. The lowest BCUT2D eigenvalue weighted by molar-refractivity contribution is -0.127. The lowest BCUT2D eigenvalue weighted by Crippen LogP contribution is -2.44. The van der Waals surface area contributed by atoms with Crippen LogP contribution in [-0.4, -0.2) is 11.6 Å². The lowest BCUT2D eigenvalue weighted by Gasteiger charge is -2.51. The molecule has 25 heavy (non-hydrogen) atoms. The Balaban J connectivity index is 1.73. The van der Waals surface area contributed by atoms with Crippen molar-refractivity contribution >= 4 is 11.6 Å². The predicted molar refractivity (Wildman–Crippen MR) is 97.9 cm³/mol. The van der Waals surface area contributed by atoms with E-state index in [1.165, 1.54) is 22.3 Å². The summed E-state index contributed by atoms with van der Waals surface area (Å²) >= 11 is 0. The molecule has 0 amide bonds. The highest BCUT2D eigenvalue weighted by molar-refractivity contribution is 6.01. The number of carbonyl (C=O) groups excluding carboxylic acids is 2. The van der Waals surface area contributed by atoms with Crippen LogP contribution in [0.2, 0.25) is 0 Å². The summed E-state index contributed by atoms with van der Waals surface area (Å²) in [4.78, 5) is 25.0. The number of ketones is 2. The van der Waals surface area contributed by atoms with Crippen molar-refractivity contribution < 1.29 is 9.59 Å². The van der Waals surface area contributed by atoms with E-state index in [0.29, 0.717) is 11.7 Å². The summed E-state index contributed by atoms with van der Waals surface area (Å²) in [6, 6.07) is 0. The second-order valence-electron chi connectivity index (χ2n) is 9.32. The maximum absolute atomic E-state index is 13.1. The van der Waals surface area contributed by atoms with Crippen LogP contribution in [-0.2, 0) is 9.59 Å². The van der Waals surface area contributed by atoms with E-state index in [2.05, 4.69) is 32.9 Å². The molecule has 0 radical (unpaired) electrons. The smallest absolute Gasteiger partial charge is 0.178 e. The SMILES string of the molecule is C[C@@H]1CC2=CC(=O)C=CC2(C)C2=C1C1=CC[C@@]3(C)CCC(=O)C13CC2. The van der Waals surface area contributed by atoms with Crippen LogP contribution in [0.5, 0.6) is 0 Å². The molecule has 130 valence electrons. The van der Waals surface area contributed by atoms with Gasteiger partial charge >= 0.3 is 0 Å². The minimum atomic E-state index is -0.216. The van der Waals surface area contributed by atoms with E-state index >= 15 is 0 Å². The fourth-order valence-electron chi connectivity index (χ4n) is 6.76. The zero-order chi connectivity index (χ0) is 17.6. The molecule has 0 aromatic rings. The number of Topliss-reactive ketones (excluding diaryl/α,β-unsaturated/α-hetero) is 1. The second kappa shape index (κ2) is 4.52. The zero-order valence-electron chi connectivity index (χ0n) is 15.4. The largest absolute Gasteiger partial charge is 0.299 e. The summed E-state index contributed by atoms with van der Waals surface area (Å²) in [5.74, 6) is 1.00. The van der Waals surface area contributed by atoms with Gasteiger partial charge in [-0.05, 0) is 73.7 Å². The third-order valence-electron chi connectivity index (χ3n) is 8.20. The van der Waals surface area contributed by atoms with Crippen LogP contribution in [0.1, 0.15) is 59.3 Å². The van der Waals surface area contributed by atoms with Gasteiger partial charge in [0.05, 0.1) is 5.41 Å². The van der Waals surface area contributed by atoms with Crippen molar-refractivity contribution in [3.63, 3.8) is 0 Å². The molecular weight excluding hydrogens is 308 g/mol. The number of hydrogen-bond acceptors (Lipinski definition) is 2. The Labute approximate surface area is 149 Å². The molecule has 0 saturated heterocycles. The van der Waals surface area contributed by atoms with Gasteiger partial charge in [-0.2, -0.15) is 0 Å². The molecule has 0 N–H and O–H groups in total. The lowest BCUT2D eigenvalue weighted by atomic mass is 9.52. The Hall–Kier alpha value is -1.70. The maximum Gasteiger partial charge on any atom is 0.178 e. The highest BCUT2D eigenvalue weighted by Gasteiger charge is 2.64. The molecule has 5 aliphatic rings. The summed E-state index contributed by atoms with van der Waals surface area (Å²) in [7, 11) is 0. The molecule has 2 heteroatoms. The molecular formula is C23H26O2. The number of allylic oxidation sites excluding steroid dienone is 8. The molecule has 0 aromatic heterocycles. The van der Waals surface area contributed by atoms with Crippen molar-refractivity contribution in [1.82, 2.24) is 0 Å². The van der Waals surface area contributed by atoms with E-state index in [9.17, 15) is 9.59 Å². The summed E-state index contributed by atoms with van der Waals surface area (Å²) in [5, 5.41) is 0. The van der Waals surface area contributed by atoms with E-state index in [1.807, 2.05) is 6.08 Å². The highest BCUT2D eigenvalue weighted by Crippen LogP contribution is 2.70. The molecule has 5 aliphatic carbocycles. The molecule has 2 unspecified atom stereocenters. The van der Waals surface area contributed by atoms with Crippen LogP contribution >= 0.6 is 0 Å². The third kappa shape index (κ3) is 1.62. The number of rotatable bonds is 0. The first-order valence-electron chi connectivity index (χ1n) is 9.74. The fourth-order valence-corrected chi connectivity index (χ4v) is 6.76. The standard InChI is InChI=1S/C23H26O2/c1-14-12-15-13-16(24)4-10-22(15,3)17-6-11-23-18(20(14)17)5-8-21(23,2)9-7-19(23)25/h4-5,10,13-14H,6-9,11-12H2,1-3H3/t14-,21+,22?,23?/m1/s1. The first-order valence-corrected chi connectivity index (χ1v) is 9.74. The van der Waals surface area contributed by atoms with E-state index in [4.69, 9.17) is 0 Å². The van der Waals surface area contributed by atoms with Crippen molar-refractivity contribution in [2.24, 2.45) is 22.2 Å². The first kappa shape index (κ1) is 15.5. The van der Waals surface area contributed by atoms with Gasteiger partial charge in [-0.25, -0.2) is 0 Å². The zero-order valence-corrected chi connectivity index (χ0v) is 15.4. The second-order valence-corrected chi connectivity index (χ2v) is 9.32. The minimum absolute atomic E-state index is 0.120. The Kier molecular flexibility index (Phi) is 2.81. The monoisotopic (exact) mass is 334 g/mol. The molecule has 0 heterocycles. The van der Waals surface area contributed by atoms with E-state index in [0.717, 1.165) is 38.5 Å². The third-order valence-corrected chi connectivity index (χ3v) is 8.20. The van der Waals surface area contributed by atoms with Crippen molar-refractivity contribution in [1.29, 1.82) is 0 Å². The summed E-state index contributed by atoms with van der Waals surface area (Å²) in [5.41, 5.74) is 5.36. The van der Waals surface area contributed by atoms with Gasteiger partial charge in [0.1, 0.15) is 5.78 Å². The van der Waals surface area contributed by atoms with Crippen LogP contribution in [0.15, 0.2) is 46.6 Å². The molecule has 4 atom stereocenters. The molecule has 0 aromatic carbocycles. The average Bonchev–Trinajstić information content (AvgIpc) is 3.01. The van der Waals surface area contributed by atoms with E-state index in [-0.39, 0.29) is 22.0 Å². The van der Waals surface area contributed by atoms with Gasteiger partial charge < -0.3 is 0 Å². The van der Waals surface area contributed by atoms with E-state index < -0.39 is 0 Å². The van der Waals surface area contributed by atoms with Crippen LogP contribution in [0, 0.1) is 22.2 Å². The molecule has 0 aliphatic heterocycles. The quantitative estimate of drug-likeness (QED) is 0.633. The molecule has 1 fully saturated rings. The predicted octanol–water partition coefficient (Wildman–Crippen LogP) is 4.87. The normalized spacial score (nSPS) is 44.8. The molecule has 2 nitrogen and oxygen atoms in total. The van der Waals surface area contributed by atoms with Gasteiger partial charge in [0.25, 0.3) is 0 Å². The van der Waals surface area contributed by atoms with Crippen LogP contribution in [0.3, 0.4) is 0 Å². The minimum Gasteiger partial charge on any atom is -0.299 e. The topological polar surface area (TPSA) is 34.1 Å². The van der Waals surface area contributed by atoms with Crippen molar-refractivity contribution in [3.05, 3.63) is 46.6 Å². The van der Waals surface area contributed by atoms with Gasteiger partial charge in [0, 0.05) is 11.8 Å². The first-order chi connectivity index (χ1) is 11.8. The van der Waals surface area contributed by atoms with Crippen LogP contribution in [0.25, 0.3) is 0 Å². The molecule has 1 spiro atoms. The Morgan fingerprint density at radius 3 is 2.72 bits per heavy atom.